The van der Waals surface area contributed by atoms with Crippen LogP contribution in [0.2, 0.25) is 0 Å². The lowest BCUT2D eigenvalue weighted by Gasteiger charge is -2.49. The number of hydrogen-bond acceptors (Lipinski definition) is 12. The van der Waals surface area contributed by atoms with Crippen molar-refractivity contribution in [2.75, 3.05) is 13.2 Å². The van der Waals surface area contributed by atoms with Crippen LogP contribution in [0.1, 0.15) is 24.0 Å². The minimum absolute atomic E-state index is 0.197. The molecule has 4 aliphatic heterocycles. The van der Waals surface area contributed by atoms with Crippen LogP contribution in [0.5, 0.6) is 11.5 Å². The predicted octanol–water partition coefficient (Wildman–Crippen LogP) is -1.66. The molecule has 0 aromatic heterocycles. The number of ether oxygens (including phenoxy) is 4. The van der Waals surface area contributed by atoms with Gasteiger partial charge in [0.2, 0.25) is 11.6 Å². The third-order valence-electron chi connectivity index (χ3n) is 8.58. The highest BCUT2D eigenvalue weighted by molar-refractivity contribution is 5.68. The van der Waals surface area contributed by atoms with Crippen LogP contribution in [-0.4, -0.2) is 114 Å². The lowest BCUT2D eigenvalue weighted by Crippen LogP contribution is -2.68. The van der Waals surface area contributed by atoms with Crippen molar-refractivity contribution in [2.24, 2.45) is 0 Å². The van der Waals surface area contributed by atoms with Crippen molar-refractivity contribution in [2.45, 2.75) is 86.1 Å². The average Bonchev–Trinajstić information content (AvgIpc) is 2.98. The molecule has 12 heteroatoms. The molecule has 4 heterocycles. The molecule has 2 spiro atoms. The largest absolute Gasteiger partial charge is 0.459 e. The highest BCUT2D eigenvalue weighted by Gasteiger charge is 2.57. The Morgan fingerprint density at radius 1 is 0.600 bits per heavy atom. The summed E-state index contributed by atoms with van der Waals surface area (Å²) < 4.78 is 23.6. The Balaban J connectivity index is 1.22. The van der Waals surface area contributed by atoms with E-state index in [-0.39, 0.29) is 12.8 Å². The molecule has 8 N–H and O–H groups in total. The van der Waals surface area contributed by atoms with Gasteiger partial charge in [-0.15, -0.1) is 0 Å². The van der Waals surface area contributed by atoms with Crippen molar-refractivity contribution in [3.63, 3.8) is 0 Å². The molecular formula is C28H34O12. The van der Waals surface area contributed by atoms with Crippen LogP contribution in [0.4, 0.5) is 0 Å². The first kappa shape index (κ1) is 27.8. The number of aliphatic hydroxyl groups excluding tert-OH is 8. The molecule has 2 aromatic rings. The summed E-state index contributed by atoms with van der Waals surface area (Å²) in [6.45, 7) is -1.08. The average molecular weight is 563 g/mol. The lowest BCUT2D eigenvalue weighted by atomic mass is 9.85. The molecule has 4 aliphatic rings. The molecule has 0 amide bonds. The number of aryl methyl sites for hydroxylation is 2. The third-order valence-corrected chi connectivity index (χ3v) is 8.58. The van der Waals surface area contributed by atoms with Gasteiger partial charge in [-0.25, -0.2) is 0 Å². The van der Waals surface area contributed by atoms with E-state index in [1.54, 1.807) is 12.1 Å². The van der Waals surface area contributed by atoms with Crippen LogP contribution in [0, 0.1) is 0 Å². The zero-order valence-electron chi connectivity index (χ0n) is 21.5. The SMILES string of the molecule is OC[C@H]1O[C@@]2(CCc3cc(-c4ccc5c(c4)CC[C@]4(O5)O[C@H](CO)[C@@H](O)[C@H](O)[C@@H]4O)ccc3O2)[C@@H](O)[C@@H](O)[C@@H]1O. The minimum atomic E-state index is -1.59. The van der Waals surface area contributed by atoms with E-state index in [4.69, 9.17) is 18.9 Å². The minimum Gasteiger partial charge on any atom is -0.459 e. The summed E-state index contributed by atoms with van der Waals surface area (Å²) in [4.78, 5) is 0. The Morgan fingerprint density at radius 2 is 1.00 bits per heavy atom. The maximum atomic E-state index is 10.7. The van der Waals surface area contributed by atoms with Crippen molar-refractivity contribution in [1.29, 1.82) is 0 Å². The van der Waals surface area contributed by atoms with Crippen molar-refractivity contribution in [3.05, 3.63) is 47.5 Å². The summed E-state index contributed by atoms with van der Waals surface area (Å²) in [6, 6.07) is 11.1. The van der Waals surface area contributed by atoms with E-state index >= 15 is 0 Å². The molecule has 10 atom stereocenters. The van der Waals surface area contributed by atoms with E-state index in [9.17, 15) is 40.9 Å². The Bertz CT molecular complexity index is 1160. The van der Waals surface area contributed by atoms with Gasteiger partial charge in [0.15, 0.2) is 0 Å². The molecule has 40 heavy (non-hydrogen) atoms. The zero-order chi connectivity index (χ0) is 28.4. The van der Waals surface area contributed by atoms with Crippen LogP contribution in [0.25, 0.3) is 11.1 Å². The topological polar surface area (TPSA) is 199 Å². The summed E-state index contributed by atoms with van der Waals surface area (Å²) in [5.74, 6) is -2.27. The van der Waals surface area contributed by atoms with Crippen molar-refractivity contribution in [3.8, 4) is 22.6 Å². The van der Waals surface area contributed by atoms with Crippen molar-refractivity contribution in [1.82, 2.24) is 0 Å². The smallest absolute Gasteiger partial charge is 0.240 e. The number of aliphatic hydroxyl groups is 8. The van der Waals surface area contributed by atoms with E-state index in [1.807, 2.05) is 24.3 Å². The first-order valence-electron chi connectivity index (χ1n) is 13.4. The zero-order valence-corrected chi connectivity index (χ0v) is 21.5. The van der Waals surface area contributed by atoms with Gasteiger partial charge < -0.3 is 59.8 Å². The summed E-state index contributed by atoms with van der Waals surface area (Å²) >= 11 is 0. The van der Waals surface area contributed by atoms with Gasteiger partial charge in [-0.05, 0) is 59.4 Å². The van der Waals surface area contributed by atoms with Gasteiger partial charge in [0.1, 0.15) is 60.3 Å². The van der Waals surface area contributed by atoms with Gasteiger partial charge >= 0.3 is 0 Å². The molecule has 0 radical (unpaired) electrons. The Kier molecular flexibility index (Phi) is 7.07. The second kappa shape index (κ2) is 10.2. The molecule has 6 rings (SSSR count). The van der Waals surface area contributed by atoms with E-state index in [1.165, 1.54) is 0 Å². The highest BCUT2D eigenvalue weighted by atomic mass is 16.7. The lowest BCUT2D eigenvalue weighted by molar-refractivity contribution is -0.342. The number of rotatable bonds is 3. The van der Waals surface area contributed by atoms with Gasteiger partial charge in [0.25, 0.3) is 0 Å². The Hall–Kier alpha value is -2.36. The van der Waals surface area contributed by atoms with E-state index in [0.717, 1.165) is 22.3 Å². The first-order chi connectivity index (χ1) is 19.1. The van der Waals surface area contributed by atoms with Gasteiger partial charge in [-0.1, -0.05) is 12.1 Å². The maximum absolute atomic E-state index is 10.7. The normalized spacial score (nSPS) is 40.7. The van der Waals surface area contributed by atoms with Gasteiger partial charge in [-0.3, -0.25) is 0 Å². The Labute approximate surface area is 229 Å². The first-order valence-corrected chi connectivity index (χ1v) is 13.4. The fraction of sp³-hybridized carbons (Fsp3) is 0.571. The quantitative estimate of drug-likeness (QED) is 0.212. The molecular weight excluding hydrogens is 528 g/mol. The second-order valence-electron chi connectivity index (χ2n) is 11.0. The molecule has 2 fully saturated rings. The summed E-state index contributed by atoms with van der Waals surface area (Å²) in [7, 11) is 0. The number of fused-ring (bicyclic) bond motifs is 2. The summed E-state index contributed by atoms with van der Waals surface area (Å²) in [6.07, 6.45) is -9.87. The van der Waals surface area contributed by atoms with Gasteiger partial charge in [0.05, 0.1) is 13.2 Å². The molecule has 2 saturated heterocycles. The van der Waals surface area contributed by atoms with Crippen LogP contribution in [0.15, 0.2) is 36.4 Å². The molecule has 218 valence electrons. The van der Waals surface area contributed by atoms with E-state index in [0.29, 0.717) is 24.3 Å². The van der Waals surface area contributed by atoms with Crippen molar-refractivity contribution >= 4 is 0 Å². The fourth-order valence-electron chi connectivity index (χ4n) is 6.20. The number of hydrogen-bond donors (Lipinski definition) is 8. The van der Waals surface area contributed by atoms with E-state index < -0.39 is 73.6 Å². The highest BCUT2D eigenvalue weighted by Crippen LogP contribution is 2.44. The molecule has 0 unspecified atom stereocenters. The molecule has 0 aliphatic carbocycles. The standard InChI is InChI=1S/C28H34O12/c29-11-19-21(31)23(33)25(35)27(39-19)7-5-15-9-13(1-3-17(15)37-27)14-2-4-18-16(10-14)6-8-28(38-18)26(36)24(34)22(32)20(12-30)40-28/h1-4,9-10,19-26,29-36H,5-8,11-12H2/t19-,20-,21-,22-,23+,24+,25+,26+,27+,28+/m1/s1. The summed E-state index contributed by atoms with van der Waals surface area (Å²) in [5, 5.41) is 81.2. The molecule has 12 nitrogen and oxygen atoms in total. The molecule has 2 aromatic carbocycles. The molecule has 0 bridgehead atoms. The van der Waals surface area contributed by atoms with Crippen LogP contribution in [-0.2, 0) is 22.3 Å². The van der Waals surface area contributed by atoms with Crippen LogP contribution < -0.4 is 9.47 Å². The van der Waals surface area contributed by atoms with Crippen molar-refractivity contribution < 1.29 is 59.8 Å². The second-order valence-corrected chi connectivity index (χ2v) is 11.0. The van der Waals surface area contributed by atoms with Gasteiger partial charge in [-0.2, -0.15) is 0 Å². The fourth-order valence-corrected chi connectivity index (χ4v) is 6.20. The summed E-state index contributed by atoms with van der Waals surface area (Å²) in [5.41, 5.74) is 3.50. The van der Waals surface area contributed by atoms with Gasteiger partial charge in [0, 0.05) is 12.8 Å². The Morgan fingerprint density at radius 3 is 1.38 bits per heavy atom. The maximum Gasteiger partial charge on any atom is 0.240 e. The monoisotopic (exact) mass is 562 g/mol. The third kappa shape index (κ3) is 4.31. The van der Waals surface area contributed by atoms with E-state index in [2.05, 4.69) is 0 Å². The van der Waals surface area contributed by atoms with Crippen LogP contribution >= 0.6 is 0 Å². The predicted molar refractivity (Wildman–Crippen MR) is 135 cm³/mol. The van der Waals surface area contributed by atoms with Crippen LogP contribution in [0.3, 0.4) is 0 Å². The molecule has 0 saturated carbocycles. The number of benzene rings is 2.